The van der Waals surface area contributed by atoms with Crippen molar-refractivity contribution in [1.82, 2.24) is 0 Å². The maximum Gasteiger partial charge on any atom is 0.273 e. The van der Waals surface area contributed by atoms with Crippen LogP contribution in [0, 0.1) is 33.8 Å². The molecule has 3 fully saturated rings. The number of anilines is 1. The van der Waals surface area contributed by atoms with Crippen LogP contribution in [0.1, 0.15) is 29.6 Å². The number of carbonyl (C=O) groups excluding carboxylic acids is 3. The minimum absolute atomic E-state index is 0.0290. The van der Waals surface area contributed by atoms with E-state index < -0.39 is 4.92 Å². The first-order valence-electron chi connectivity index (χ1n) is 10.4. The first-order valence-corrected chi connectivity index (χ1v) is 11.2. The molecule has 3 aliphatic rings. The molecular formula is C23H19BrN2O6. The van der Waals surface area contributed by atoms with E-state index in [1.807, 2.05) is 0 Å². The average Bonchev–Trinajstić information content (AvgIpc) is 3.46. The Morgan fingerprint density at radius 1 is 1.06 bits per heavy atom. The first kappa shape index (κ1) is 20.8. The number of carbonyl (C=O) groups is 3. The van der Waals surface area contributed by atoms with Crippen molar-refractivity contribution in [2.45, 2.75) is 19.3 Å². The quantitative estimate of drug-likeness (QED) is 0.256. The summed E-state index contributed by atoms with van der Waals surface area (Å²) in [6.07, 6.45) is 2.81. The topological polar surface area (TPSA) is 107 Å². The molecule has 9 heteroatoms. The number of Topliss-reactive ketones (excluding diaryl/α,β-unsaturated/α-hetero) is 1. The molecule has 2 aromatic rings. The van der Waals surface area contributed by atoms with Gasteiger partial charge in [0.15, 0.2) is 18.1 Å². The van der Waals surface area contributed by atoms with Gasteiger partial charge in [0.1, 0.15) is 0 Å². The highest BCUT2D eigenvalue weighted by molar-refractivity contribution is 9.10. The molecule has 8 nitrogen and oxygen atoms in total. The van der Waals surface area contributed by atoms with Gasteiger partial charge in [-0.25, -0.2) is 4.90 Å². The minimum atomic E-state index is -0.588. The Labute approximate surface area is 191 Å². The van der Waals surface area contributed by atoms with E-state index >= 15 is 0 Å². The number of non-ortho nitro benzene ring substituents is 1. The molecule has 2 aliphatic carbocycles. The maximum atomic E-state index is 13.2. The number of nitro groups is 1. The Morgan fingerprint density at radius 3 is 2.28 bits per heavy atom. The predicted molar refractivity (Wildman–Crippen MR) is 117 cm³/mol. The summed E-state index contributed by atoms with van der Waals surface area (Å²) in [5.41, 5.74) is 0.321. The zero-order valence-electron chi connectivity index (χ0n) is 16.9. The lowest BCUT2D eigenvalue weighted by Crippen LogP contribution is -2.33. The van der Waals surface area contributed by atoms with Crippen molar-refractivity contribution in [2.24, 2.45) is 23.7 Å². The van der Waals surface area contributed by atoms with E-state index in [9.17, 15) is 24.5 Å². The molecule has 0 aromatic heterocycles. The van der Waals surface area contributed by atoms with Crippen LogP contribution in [0.3, 0.4) is 0 Å². The number of halogens is 1. The third-order valence-electron chi connectivity index (χ3n) is 6.85. The Kier molecular flexibility index (Phi) is 5.08. The highest BCUT2D eigenvalue weighted by Gasteiger charge is 2.61. The van der Waals surface area contributed by atoms with Crippen molar-refractivity contribution in [1.29, 1.82) is 0 Å². The first-order chi connectivity index (χ1) is 15.3. The van der Waals surface area contributed by atoms with Gasteiger partial charge in [-0.15, -0.1) is 0 Å². The third-order valence-corrected chi connectivity index (χ3v) is 7.38. The predicted octanol–water partition coefficient (Wildman–Crippen LogP) is 4.15. The van der Waals surface area contributed by atoms with E-state index in [0.29, 0.717) is 5.56 Å². The van der Waals surface area contributed by atoms with Crippen molar-refractivity contribution >= 4 is 44.9 Å². The number of amides is 2. The van der Waals surface area contributed by atoms with Gasteiger partial charge in [-0.3, -0.25) is 24.5 Å². The molecule has 1 saturated heterocycles. The highest BCUT2D eigenvalue weighted by atomic mass is 79.9. The maximum absolute atomic E-state index is 13.2. The molecule has 0 spiro atoms. The van der Waals surface area contributed by atoms with E-state index in [-0.39, 0.29) is 65.0 Å². The van der Waals surface area contributed by atoms with Crippen molar-refractivity contribution in [3.8, 4) is 5.75 Å². The molecule has 5 rings (SSSR count). The van der Waals surface area contributed by atoms with Crippen LogP contribution in [0.5, 0.6) is 5.75 Å². The van der Waals surface area contributed by atoms with Crippen LogP contribution in [-0.4, -0.2) is 29.1 Å². The number of nitrogens with zero attached hydrogens (tertiary/aromatic N) is 2. The van der Waals surface area contributed by atoms with Crippen LogP contribution in [0.4, 0.5) is 11.4 Å². The van der Waals surface area contributed by atoms with Gasteiger partial charge < -0.3 is 4.74 Å². The second kappa shape index (κ2) is 7.81. The van der Waals surface area contributed by atoms with Crippen molar-refractivity contribution in [3.05, 3.63) is 62.6 Å². The number of hydrogen-bond acceptors (Lipinski definition) is 6. The number of hydrogen-bond donors (Lipinski definition) is 0. The lowest BCUT2D eigenvalue weighted by Gasteiger charge is -2.20. The highest BCUT2D eigenvalue weighted by Crippen LogP contribution is 2.57. The fraction of sp³-hybridized carbons (Fsp3) is 0.348. The van der Waals surface area contributed by atoms with E-state index in [2.05, 4.69) is 15.9 Å². The number of nitro benzene ring substituents is 1. The molecular weight excluding hydrogens is 480 g/mol. The van der Waals surface area contributed by atoms with Crippen molar-refractivity contribution in [2.75, 3.05) is 11.5 Å². The van der Waals surface area contributed by atoms with Gasteiger partial charge in [-0.1, -0.05) is 28.1 Å². The minimum Gasteiger partial charge on any atom is -0.483 e. The van der Waals surface area contributed by atoms with Gasteiger partial charge in [0.25, 0.3) is 5.69 Å². The summed E-state index contributed by atoms with van der Waals surface area (Å²) in [6, 6.07) is 10.5. The number of ether oxygens (including phenoxy) is 1. The molecule has 164 valence electrons. The largest absolute Gasteiger partial charge is 0.483 e. The average molecular weight is 499 g/mol. The molecule has 0 unspecified atom stereocenters. The van der Waals surface area contributed by atoms with E-state index in [1.54, 1.807) is 24.3 Å². The number of benzene rings is 2. The molecule has 2 saturated carbocycles. The lowest BCUT2D eigenvalue weighted by atomic mass is 9.81. The Morgan fingerprint density at radius 2 is 1.69 bits per heavy atom. The van der Waals surface area contributed by atoms with Crippen LogP contribution < -0.4 is 9.64 Å². The standard InChI is InChI=1S/C23H19BrN2O6/c24-15-5-3-12(4-6-15)18(27)11-32-19-10-16(26(30)31)7-8-17(19)25-22(28)20-13-1-2-14(9-13)21(20)23(25)29/h3-8,10,13-14,20-21H,1-2,9,11H2/t13-,14+,20-,21+. The fourth-order valence-electron chi connectivity index (χ4n) is 5.43. The fourth-order valence-corrected chi connectivity index (χ4v) is 5.69. The summed E-state index contributed by atoms with van der Waals surface area (Å²) in [5, 5.41) is 11.3. The summed E-state index contributed by atoms with van der Waals surface area (Å²) in [4.78, 5) is 50.7. The Bertz CT molecular complexity index is 1120. The Balaban J connectivity index is 1.44. The van der Waals surface area contributed by atoms with Crippen LogP contribution >= 0.6 is 15.9 Å². The summed E-state index contributed by atoms with van der Waals surface area (Å²) < 4.78 is 6.48. The second-order valence-electron chi connectivity index (χ2n) is 8.52. The lowest BCUT2D eigenvalue weighted by molar-refractivity contribution is -0.384. The van der Waals surface area contributed by atoms with Gasteiger partial charge in [0.05, 0.1) is 28.5 Å². The van der Waals surface area contributed by atoms with Crippen LogP contribution in [0.2, 0.25) is 0 Å². The monoisotopic (exact) mass is 498 g/mol. The van der Waals surface area contributed by atoms with Gasteiger partial charge >= 0.3 is 0 Å². The smallest absolute Gasteiger partial charge is 0.273 e. The van der Waals surface area contributed by atoms with E-state index in [1.165, 1.54) is 12.1 Å². The molecule has 4 atom stereocenters. The van der Waals surface area contributed by atoms with Gasteiger partial charge in [0, 0.05) is 16.1 Å². The molecule has 2 aromatic carbocycles. The zero-order valence-corrected chi connectivity index (χ0v) is 18.5. The van der Waals surface area contributed by atoms with Gasteiger partial charge in [0.2, 0.25) is 11.8 Å². The molecule has 32 heavy (non-hydrogen) atoms. The molecule has 0 N–H and O–H groups in total. The summed E-state index contributed by atoms with van der Waals surface area (Å²) in [7, 11) is 0. The number of ketones is 1. The third kappa shape index (κ3) is 3.31. The van der Waals surface area contributed by atoms with Crippen LogP contribution in [0.15, 0.2) is 46.9 Å². The Hall–Kier alpha value is -3.07. The molecule has 1 aliphatic heterocycles. The van der Waals surface area contributed by atoms with Crippen LogP contribution in [0.25, 0.3) is 0 Å². The zero-order chi connectivity index (χ0) is 22.6. The van der Waals surface area contributed by atoms with Gasteiger partial charge in [-0.2, -0.15) is 0 Å². The molecule has 0 radical (unpaired) electrons. The van der Waals surface area contributed by atoms with E-state index in [4.69, 9.17) is 4.74 Å². The molecule has 2 amide bonds. The normalized spacial score (nSPS) is 25.8. The second-order valence-corrected chi connectivity index (χ2v) is 9.44. The molecule has 1 heterocycles. The summed E-state index contributed by atoms with van der Waals surface area (Å²) in [5.74, 6) is -1.12. The number of rotatable bonds is 6. The van der Waals surface area contributed by atoms with Crippen LogP contribution in [-0.2, 0) is 9.59 Å². The van der Waals surface area contributed by atoms with Gasteiger partial charge in [-0.05, 0) is 49.3 Å². The summed E-state index contributed by atoms with van der Waals surface area (Å²) >= 11 is 3.31. The number of fused-ring (bicyclic) bond motifs is 5. The molecule has 2 bridgehead atoms. The summed E-state index contributed by atoms with van der Waals surface area (Å²) in [6.45, 7) is -0.385. The van der Waals surface area contributed by atoms with Crippen molar-refractivity contribution < 1.29 is 24.0 Å². The van der Waals surface area contributed by atoms with Crippen molar-refractivity contribution in [3.63, 3.8) is 0 Å². The number of imide groups is 1. The SMILES string of the molecule is O=C(COc1cc([N+](=O)[O-])ccc1N1C(=O)[C@@H]2[C@@H]3CC[C@@H](C3)[C@@H]2C1=O)c1ccc(Br)cc1. The van der Waals surface area contributed by atoms with E-state index in [0.717, 1.165) is 34.7 Å².